The zero-order valence-corrected chi connectivity index (χ0v) is 31.9. The summed E-state index contributed by atoms with van der Waals surface area (Å²) < 4.78 is 0. The lowest BCUT2D eigenvalue weighted by Gasteiger charge is -2.56. The number of Topliss-reactive ketones (excluding diaryl/α,β-unsaturated/α-hetero) is 2. The molecular weight excluding hydrogens is 741 g/mol. The van der Waals surface area contributed by atoms with E-state index in [1.807, 2.05) is 27.7 Å². The lowest BCUT2D eigenvalue weighted by atomic mass is 9.43. The van der Waals surface area contributed by atoms with Gasteiger partial charge in [-0.15, -0.1) is 0 Å². The molecule has 57 heavy (non-hydrogen) atoms. The molecule has 2 spiro atoms. The van der Waals surface area contributed by atoms with Gasteiger partial charge in [0.25, 0.3) is 71.9 Å². The van der Waals surface area contributed by atoms with Gasteiger partial charge in [0.05, 0.1) is 5.82 Å². The topological polar surface area (TPSA) is 221 Å². The quantitative estimate of drug-likeness (QED) is 0.114. The van der Waals surface area contributed by atoms with E-state index in [9.17, 15) is 57.5 Å². The van der Waals surface area contributed by atoms with E-state index in [0.717, 1.165) is 32.4 Å². The first-order valence-corrected chi connectivity index (χ1v) is 19.5. The van der Waals surface area contributed by atoms with Crippen molar-refractivity contribution in [2.24, 2.45) is 58.2 Å². The standard InChI is InChI=1S/C39H41BN5O12/c1-17-6-8-22(23(19(17)3)15-42-27(48)11-12-28(42)49)14-43-32(52)38(33(43)53)30(50)29(31(38)51)40-45-36(56)39(37(45)57)34(54)44(35(39)55)16-24-20(4)18(2)5-7-21(24)13-41-25(46)9-10-26(41)47/h9-12,17-24,29H,5-8,13-16H2,1-4H3. The second-order valence-electron chi connectivity index (χ2n) is 17.2. The summed E-state index contributed by atoms with van der Waals surface area (Å²) in [6, 6.07) is 0. The van der Waals surface area contributed by atoms with Gasteiger partial charge in [-0.25, -0.2) is 0 Å². The minimum Gasteiger partial charge on any atom is -0.329 e. The van der Waals surface area contributed by atoms with Crippen molar-refractivity contribution < 1.29 is 57.5 Å². The number of hydrogen-bond acceptors (Lipinski definition) is 12. The van der Waals surface area contributed by atoms with Gasteiger partial charge in [0.1, 0.15) is 0 Å². The van der Waals surface area contributed by atoms with Crippen LogP contribution in [0.4, 0.5) is 0 Å². The molecule has 8 atom stereocenters. The average Bonchev–Trinajstić information content (AvgIpc) is 3.68. The molecule has 0 aromatic carbocycles. The van der Waals surface area contributed by atoms with Gasteiger partial charge in [0.15, 0.2) is 11.6 Å². The number of amides is 10. The molecule has 0 N–H and O–H groups in total. The molecule has 3 saturated heterocycles. The predicted octanol–water partition coefficient (Wildman–Crippen LogP) is -0.928. The van der Waals surface area contributed by atoms with Crippen LogP contribution in [0.2, 0.25) is 5.82 Å². The number of hydrogen-bond donors (Lipinski definition) is 0. The Labute approximate surface area is 327 Å². The number of carbonyl (C=O) groups is 12. The third-order valence-corrected chi connectivity index (χ3v) is 14.7. The van der Waals surface area contributed by atoms with E-state index in [1.54, 1.807) is 0 Å². The Hall–Kier alpha value is -5.42. The van der Waals surface area contributed by atoms with Crippen molar-refractivity contribution in [3.63, 3.8) is 0 Å². The van der Waals surface area contributed by atoms with Crippen molar-refractivity contribution in [1.82, 2.24) is 24.4 Å². The van der Waals surface area contributed by atoms with Gasteiger partial charge in [-0.1, -0.05) is 40.5 Å². The van der Waals surface area contributed by atoms with Gasteiger partial charge in [0, 0.05) is 50.5 Å². The van der Waals surface area contributed by atoms with Gasteiger partial charge >= 0.3 is 0 Å². The number of β-lactam (4-membered cyclic amide) rings is 6. The molecule has 6 fully saturated rings. The van der Waals surface area contributed by atoms with Crippen molar-refractivity contribution in [3.05, 3.63) is 24.3 Å². The number of carbonyl (C=O) groups excluding carboxylic acids is 12. The third kappa shape index (κ3) is 5.00. The predicted molar refractivity (Wildman–Crippen MR) is 190 cm³/mol. The Morgan fingerprint density at radius 1 is 0.474 bits per heavy atom. The lowest BCUT2D eigenvalue weighted by Crippen LogP contribution is -2.86. The maximum atomic E-state index is 13.5. The van der Waals surface area contributed by atoms with Crippen molar-refractivity contribution in [1.29, 1.82) is 0 Å². The van der Waals surface area contributed by atoms with E-state index in [-0.39, 0.29) is 73.5 Å². The first kappa shape index (κ1) is 38.5. The molecule has 0 aromatic rings. The first-order valence-electron chi connectivity index (χ1n) is 19.5. The molecule has 0 bridgehead atoms. The van der Waals surface area contributed by atoms with Gasteiger partial charge in [-0.2, -0.15) is 0 Å². The zero-order valence-electron chi connectivity index (χ0n) is 31.9. The van der Waals surface area contributed by atoms with Crippen LogP contribution >= 0.6 is 0 Å². The number of likely N-dealkylation sites (tertiary alicyclic amines) is 2. The summed E-state index contributed by atoms with van der Waals surface area (Å²) in [5, 5.41) is 0. The Kier molecular flexibility index (Phi) is 8.81. The van der Waals surface area contributed by atoms with Crippen LogP contribution in [0, 0.1) is 58.2 Å². The molecule has 5 heterocycles. The van der Waals surface area contributed by atoms with Crippen molar-refractivity contribution in [2.75, 3.05) is 26.2 Å². The highest BCUT2D eigenvalue weighted by molar-refractivity contribution is 6.73. The van der Waals surface area contributed by atoms with E-state index >= 15 is 0 Å². The molecule has 5 aliphatic heterocycles. The average molecular weight is 783 g/mol. The van der Waals surface area contributed by atoms with E-state index in [0.29, 0.717) is 25.1 Å². The SMILES string of the molecule is CC1CCC(CN2C(=O)C3(C(=O)C([B]N4C(=O)C5(C4=O)C(=O)N(CC4C(CN6C(=O)C=CC6=O)CCC(C)C4C)C5=O)C3=O)C2=O)C(CN2C(=O)C=CC2=O)C1C. The van der Waals surface area contributed by atoms with Crippen molar-refractivity contribution >= 4 is 78.1 Å². The highest BCUT2D eigenvalue weighted by atomic mass is 16.2. The maximum absolute atomic E-state index is 13.5. The van der Waals surface area contributed by atoms with Gasteiger partial charge in [-0.05, 0) is 60.2 Å². The monoisotopic (exact) mass is 782 g/mol. The van der Waals surface area contributed by atoms with Crippen LogP contribution in [-0.4, -0.2) is 129 Å². The molecule has 8 aliphatic rings. The van der Waals surface area contributed by atoms with Crippen LogP contribution in [0.25, 0.3) is 0 Å². The molecule has 8 rings (SSSR count). The van der Waals surface area contributed by atoms with Gasteiger partial charge in [0.2, 0.25) is 5.41 Å². The summed E-state index contributed by atoms with van der Waals surface area (Å²) in [7, 11) is 0.662. The van der Waals surface area contributed by atoms with Crippen LogP contribution in [0.1, 0.15) is 53.4 Å². The Morgan fingerprint density at radius 3 is 1.26 bits per heavy atom. The molecular formula is C39H41BN5O12. The molecule has 1 radical (unpaired) electrons. The fraction of sp³-hybridized carbons (Fsp3) is 0.590. The molecule has 3 aliphatic carbocycles. The second-order valence-corrected chi connectivity index (χ2v) is 17.2. The molecule has 10 amide bonds. The van der Waals surface area contributed by atoms with Gasteiger partial charge in [-0.3, -0.25) is 77.1 Å². The Balaban J connectivity index is 0.895. The Morgan fingerprint density at radius 2 is 0.825 bits per heavy atom. The van der Waals surface area contributed by atoms with E-state index < -0.39 is 87.3 Å². The summed E-state index contributed by atoms with van der Waals surface area (Å²) in [6.45, 7) is 7.87. The summed E-state index contributed by atoms with van der Waals surface area (Å²) in [5.41, 5.74) is -5.26. The fourth-order valence-corrected chi connectivity index (χ4v) is 10.5. The zero-order chi connectivity index (χ0) is 41.2. The normalized spacial score (nSPS) is 34.6. The largest absolute Gasteiger partial charge is 0.329 e. The minimum absolute atomic E-state index is 0.0145. The van der Waals surface area contributed by atoms with Crippen LogP contribution in [-0.2, 0) is 57.5 Å². The van der Waals surface area contributed by atoms with E-state index in [1.165, 1.54) is 24.3 Å². The number of rotatable bonds is 10. The molecule has 297 valence electrons. The fourth-order valence-electron chi connectivity index (χ4n) is 10.5. The van der Waals surface area contributed by atoms with Crippen LogP contribution in [0.3, 0.4) is 0 Å². The first-order chi connectivity index (χ1) is 26.9. The van der Waals surface area contributed by atoms with Crippen LogP contribution in [0.15, 0.2) is 24.3 Å². The molecule has 18 heteroatoms. The lowest BCUT2D eigenvalue weighted by molar-refractivity contribution is -0.196. The number of nitrogens with zero attached hydrogens (tertiary/aromatic N) is 5. The molecule has 17 nitrogen and oxygen atoms in total. The van der Waals surface area contributed by atoms with Crippen LogP contribution in [0.5, 0.6) is 0 Å². The van der Waals surface area contributed by atoms with Gasteiger partial charge < -0.3 is 4.81 Å². The van der Waals surface area contributed by atoms with E-state index in [2.05, 4.69) is 0 Å². The molecule has 8 unspecified atom stereocenters. The van der Waals surface area contributed by atoms with Crippen molar-refractivity contribution in [3.8, 4) is 0 Å². The van der Waals surface area contributed by atoms with Crippen molar-refractivity contribution in [2.45, 2.75) is 59.2 Å². The summed E-state index contributed by atoms with van der Waals surface area (Å²) >= 11 is 0. The number of ketones is 2. The highest BCUT2D eigenvalue weighted by Crippen LogP contribution is 2.54. The van der Waals surface area contributed by atoms with Crippen LogP contribution < -0.4 is 0 Å². The second kappa shape index (κ2) is 13.1. The minimum atomic E-state index is -2.65. The molecule has 0 aromatic heterocycles. The summed E-state index contributed by atoms with van der Waals surface area (Å²) in [4.78, 5) is 161. The highest BCUT2D eigenvalue weighted by Gasteiger charge is 2.83. The molecule has 3 saturated carbocycles. The Bertz CT molecular complexity index is 1990. The third-order valence-electron chi connectivity index (χ3n) is 14.7. The summed E-state index contributed by atoms with van der Waals surface area (Å²) in [5.74, 6) is -13.3. The smallest absolute Gasteiger partial charge is 0.282 e. The number of imide groups is 5. The summed E-state index contributed by atoms with van der Waals surface area (Å²) in [6.07, 6.45) is 7.43. The van der Waals surface area contributed by atoms with E-state index in [4.69, 9.17) is 0 Å². The maximum Gasteiger partial charge on any atom is 0.282 e.